The van der Waals surface area contributed by atoms with Crippen LogP contribution in [-0.2, 0) is 24.0 Å². The van der Waals surface area contributed by atoms with E-state index >= 15 is 0 Å². The summed E-state index contributed by atoms with van der Waals surface area (Å²) in [5.41, 5.74) is -5.59. The average molecular weight is 382 g/mol. The Morgan fingerprint density at radius 1 is 0.920 bits per heavy atom. The average Bonchev–Trinajstić information content (AvgIpc) is 2.49. The van der Waals surface area contributed by atoms with E-state index in [1.54, 1.807) is 0 Å². The number of nitrogens with two attached hydrogens (primary N) is 1. The van der Waals surface area contributed by atoms with Crippen LogP contribution in [0.5, 0.6) is 0 Å². The van der Waals surface area contributed by atoms with E-state index in [2.05, 4.69) is 0 Å². The molecule has 0 aliphatic heterocycles. The predicted molar refractivity (Wildman–Crippen MR) is 82.4 cm³/mol. The quantitative estimate of drug-likeness (QED) is 0.203. The molecule has 0 fully saturated rings. The maximum atomic E-state index is 12.4. The fraction of sp³-hybridized carbons (Fsp3) is 0.643. The second-order valence-corrected chi connectivity index (χ2v) is 6.06. The largest absolute Gasteiger partial charge is 0.390 e. The molecule has 0 aliphatic rings. The maximum absolute atomic E-state index is 12.4. The second kappa shape index (κ2) is 7.36. The van der Waals surface area contributed by atoms with Gasteiger partial charge in [0.15, 0.2) is 28.5 Å². The van der Waals surface area contributed by atoms with Gasteiger partial charge in [0, 0.05) is 0 Å². The molecular formula is C14H20ClNO9. The van der Waals surface area contributed by atoms with E-state index in [1.165, 1.54) is 0 Å². The molecule has 0 saturated heterocycles. The molecule has 0 aromatic carbocycles. The van der Waals surface area contributed by atoms with E-state index in [0.717, 1.165) is 6.92 Å². The molecule has 0 aromatic rings. The fourth-order valence-corrected chi connectivity index (χ4v) is 2.66. The standard InChI is InChI=1S/C14H20ClNO9/c1-5(17)9(21)10(22)13(24,7(3)19)14(25,8(4)20)12(16,6(2)18)11(15)23/h5,9,17,21,24-25H,16H2,1-4H3/t5?,9?,12-,13+,14+/m0/s1. The summed E-state index contributed by atoms with van der Waals surface area (Å²) in [6, 6.07) is 0. The molecule has 11 heteroatoms. The van der Waals surface area contributed by atoms with Gasteiger partial charge in [-0.1, -0.05) is 0 Å². The number of aliphatic hydroxyl groups is 4. The van der Waals surface area contributed by atoms with Crippen LogP contribution in [0.15, 0.2) is 0 Å². The highest BCUT2D eigenvalue weighted by Gasteiger charge is 2.74. The first-order chi connectivity index (χ1) is 11.0. The van der Waals surface area contributed by atoms with Crippen LogP contribution in [0.25, 0.3) is 0 Å². The molecule has 2 unspecified atom stereocenters. The van der Waals surface area contributed by atoms with E-state index in [9.17, 15) is 44.4 Å². The van der Waals surface area contributed by atoms with Crippen LogP contribution in [-0.4, -0.2) is 77.8 Å². The third-order valence-electron chi connectivity index (χ3n) is 4.06. The molecule has 10 nitrogen and oxygen atoms in total. The van der Waals surface area contributed by atoms with Gasteiger partial charge in [-0.3, -0.25) is 24.0 Å². The summed E-state index contributed by atoms with van der Waals surface area (Å²) in [6.07, 6.45) is -4.30. The van der Waals surface area contributed by atoms with Crippen molar-refractivity contribution in [1.29, 1.82) is 0 Å². The highest BCUT2D eigenvalue weighted by Crippen LogP contribution is 2.38. The number of hydrogen-bond donors (Lipinski definition) is 5. The minimum Gasteiger partial charge on any atom is -0.390 e. The van der Waals surface area contributed by atoms with Gasteiger partial charge < -0.3 is 26.2 Å². The van der Waals surface area contributed by atoms with Gasteiger partial charge in [-0.05, 0) is 39.3 Å². The number of rotatable bonds is 9. The number of hydrogen-bond acceptors (Lipinski definition) is 10. The summed E-state index contributed by atoms with van der Waals surface area (Å²) in [6.45, 7) is 2.62. The predicted octanol–water partition coefficient (Wildman–Crippen LogP) is -3.01. The van der Waals surface area contributed by atoms with Crippen molar-refractivity contribution >= 4 is 40.0 Å². The minimum atomic E-state index is -3.85. The zero-order valence-corrected chi connectivity index (χ0v) is 14.7. The number of halogens is 1. The molecule has 0 radical (unpaired) electrons. The Morgan fingerprint density at radius 3 is 1.52 bits per heavy atom. The summed E-state index contributed by atoms with van der Waals surface area (Å²) < 4.78 is 0. The van der Waals surface area contributed by atoms with Gasteiger partial charge in [0.25, 0.3) is 5.24 Å². The molecule has 0 saturated carbocycles. The fourth-order valence-electron chi connectivity index (χ4n) is 2.39. The lowest BCUT2D eigenvalue weighted by atomic mass is 9.62. The molecule has 6 N–H and O–H groups in total. The number of Topliss-reactive ketones (excluding diaryl/α,β-unsaturated/α-hetero) is 4. The van der Waals surface area contributed by atoms with Gasteiger partial charge in [0.05, 0.1) is 6.10 Å². The Bertz CT molecular complexity index is 618. The van der Waals surface area contributed by atoms with Crippen LogP contribution in [0.3, 0.4) is 0 Å². The van der Waals surface area contributed by atoms with Crippen molar-refractivity contribution in [1.82, 2.24) is 0 Å². The Morgan fingerprint density at radius 2 is 1.32 bits per heavy atom. The lowest BCUT2D eigenvalue weighted by Crippen LogP contribution is -2.83. The summed E-state index contributed by atoms with van der Waals surface area (Å²) in [5.74, 6) is -6.63. The summed E-state index contributed by atoms with van der Waals surface area (Å²) >= 11 is 5.22. The van der Waals surface area contributed by atoms with Gasteiger partial charge in [-0.25, -0.2) is 0 Å². The van der Waals surface area contributed by atoms with Gasteiger partial charge in [0.1, 0.15) is 6.10 Å². The van der Waals surface area contributed by atoms with E-state index in [1.807, 2.05) is 0 Å². The molecule has 0 amide bonds. The lowest BCUT2D eigenvalue weighted by molar-refractivity contribution is -0.203. The van der Waals surface area contributed by atoms with E-state index in [4.69, 9.17) is 17.3 Å². The zero-order valence-electron chi connectivity index (χ0n) is 13.9. The minimum absolute atomic E-state index is 0.542. The van der Waals surface area contributed by atoms with Crippen molar-refractivity contribution in [3.8, 4) is 0 Å². The molecule has 0 aliphatic carbocycles. The molecule has 0 heterocycles. The number of aliphatic hydroxyl groups excluding tert-OH is 2. The molecule has 25 heavy (non-hydrogen) atoms. The van der Waals surface area contributed by atoms with Crippen LogP contribution in [0.1, 0.15) is 27.7 Å². The van der Waals surface area contributed by atoms with Crippen molar-refractivity contribution < 1.29 is 44.4 Å². The van der Waals surface area contributed by atoms with E-state index in [0.29, 0.717) is 20.8 Å². The van der Waals surface area contributed by atoms with Gasteiger partial charge in [-0.15, -0.1) is 0 Å². The van der Waals surface area contributed by atoms with Gasteiger partial charge >= 0.3 is 0 Å². The van der Waals surface area contributed by atoms with Gasteiger partial charge in [0.2, 0.25) is 11.4 Å². The molecule has 0 rings (SSSR count). The normalized spacial score (nSPS) is 21.0. The first-order valence-electron chi connectivity index (χ1n) is 6.91. The lowest BCUT2D eigenvalue weighted by Gasteiger charge is -2.47. The molecule has 142 valence electrons. The Hall–Kier alpha value is -1.56. The van der Waals surface area contributed by atoms with Crippen LogP contribution in [0, 0.1) is 0 Å². The maximum Gasteiger partial charge on any atom is 0.252 e. The highest BCUT2D eigenvalue weighted by atomic mass is 35.5. The van der Waals surface area contributed by atoms with Crippen LogP contribution in [0.2, 0.25) is 0 Å². The monoisotopic (exact) mass is 381 g/mol. The molecule has 0 bridgehead atoms. The molecule has 5 atom stereocenters. The second-order valence-electron chi connectivity index (χ2n) is 5.72. The van der Waals surface area contributed by atoms with Crippen LogP contribution < -0.4 is 5.73 Å². The summed E-state index contributed by atoms with van der Waals surface area (Å²) in [7, 11) is 0. The van der Waals surface area contributed by atoms with Crippen molar-refractivity contribution in [3.05, 3.63) is 0 Å². The van der Waals surface area contributed by atoms with Crippen LogP contribution >= 0.6 is 11.6 Å². The van der Waals surface area contributed by atoms with Crippen molar-refractivity contribution in [2.24, 2.45) is 5.73 Å². The van der Waals surface area contributed by atoms with E-state index in [-0.39, 0.29) is 0 Å². The SMILES string of the molecule is CC(=O)[C@](N)(C(=O)Cl)[C@](O)(C(C)=O)[C@@](O)(C(C)=O)C(=O)C(O)C(C)O. The highest BCUT2D eigenvalue weighted by molar-refractivity contribution is 6.68. The van der Waals surface area contributed by atoms with Crippen molar-refractivity contribution in [2.75, 3.05) is 0 Å². The van der Waals surface area contributed by atoms with Crippen molar-refractivity contribution in [2.45, 2.75) is 56.6 Å². The first-order valence-corrected chi connectivity index (χ1v) is 7.29. The topological polar surface area (TPSA) is 192 Å². The first kappa shape index (κ1) is 23.4. The summed E-state index contributed by atoms with van der Waals surface area (Å²) in [4.78, 5) is 60.0. The summed E-state index contributed by atoms with van der Waals surface area (Å²) in [5, 5.41) is 38.5. The zero-order chi connectivity index (χ0) is 20.5. The Kier molecular flexibility index (Phi) is 6.90. The number of carbonyl (C=O) groups excluding carboxylic acids is 5. The molecule has 0 aromatic heterocycles. The smallest absolute Gasteiger partial charge is 0.252 e. The number of ketones is 4. The van der Waals surface area contributed by atoms with Crippen LogP contribution in [0.4, 0.5) is 0 Å². The molecular weight excluding hydrogens is 362 g/mol. The van der Waals surface area contributed by atoms with Crippen molar-refractivity contribution in [3.63, 3.8) is 0 Å². The third-order valence-corrected chi connectivity index (χ3v) is 4.36. The molecule has 0 spiro atoms. The Labute approximate surface area is 147 Å². The third kappa shape index (κ3) is 3.16. The number of carbonyl (C=O) groups is 5. The van der Waals surface area contributed by atoms with E-state index < -0.39 is 57.3 Å². The Balaban J connectivity index is 7.07. The van der Waals surface area contributed by atoms with Gasteiger partial charge in [-0.2, -0.15) is 0 Å².